The third kappa shape index (κ3) is 3.78. The van der Waals surface area contributed by atoms with Crippen LogP contribution in [0, 0.1) is 5.92 Å². The fourth-order valence-corrected chi connectivity index (χ4v) is 4.38. The number of nitrogens with zero attached hydrogens (tertiary/aromatic N) is 1. The summed E-state index contributed by atoms with van der Waals surface area (Å²) in [5.74, 6) is 2.92. The molecule has 2 saturated heterocycles. The van der Waals surface area contributed by atoms with Gasteiger partial charge in [0.15, 0.2) is 0 Å². The van der Waals surface area contributed by atoms with E-state index in [-0.39, 0.29) is 5.25 Å². The molecule has 2 nitrogen and oxygen atoms in total. The zero-order valence-corrected chi connectivity index (χ0v) is 11.9. The lowest BCUT2D eigenvalue weighted by Gasteiger charge is -2.35. The van der Waals surface area contributed by atoms with Crippen LogP contribution in [0.25, 0.3) is 0 Å². The van der Waals surface area contributed by atoms with Crippen molar-refractivity contribution in [3.63, 3.8) is 0 Å². The lowest BCUT2D eigenvalue weighted by Crippen LogP contribution is -2.44. The Labute approximate surface area is 113 Å². The average Bonchev–Trinajstić information content (AvgIpc) is 2.40. The number of carbonyl (C=O) groups excluding carboxylic acids is 1. The Morgan fingerprint density at radius 2 is 2.18 bits per heavy atom. The van der Waals surface area contributed by atoms with Crippen LogP contribution in [0.1, 0.15) is 38.5 Å². The largest absolute Gasteiger partial charge is 0.341 e. The topological polar surface area (TPSA) is 20.3 Å². The standard InChI is InChI=1S/C13H22ClNOS/c14-7-6-11-4-3-8-15(10-11)13(16)12-5-1-2-9-17-12/h11-12H,1-10H2. The highest BCUT2D eigenvalue weighted by molar-refractivity contribution is 8.00. The molecule has 17 heavy (non-hydrogen) atoms. The first-order valence-corrected chi connectivity index (χ1v) is 8.36. The Hall–Kier alpha value is 0.110. The van der Waals surface area contributed by atoms with Gasteiger partial charge in [-0.2, -0.15) is 0 Å². The zero-order chi connectivity index (χ0) is 12.1. The molecule has 0 bridgehead atoms. The van der Waals surface area contributed by atoms with E-state index in [9.17, 15) is 4.79 Å². The fraction of sp³-hybridized carbons (Fsp3) is 0.923. The van der Waals surface area contributed by atoms with Crippen LogP contribution >= 0.6 is 23.4 Å². The summed E-state index contributed by atoms with van der Waals surface area (Å²) in [4.78, 5) is 14.5. The summed E-state index contributed by atoms with van der Waals surface area (Å²) < 4.78 is 0. The van der Waals surface area contributed by atoms with Crippen molar-refractivity contribution in [1.82, 2.24) is 4.90 Å². The minimum absolute atomic E-state index is 0.249. The zero-order valence-electron chi connectivity index (χ0n) is 10.4. The molecule has 0 aromatic heterocycles. The molecule has 2 unspecified atom stereocenters. The lowest BCUT2D eigenvalue weighted by molar-refractivity contribution is -0.132. The van der Waals surface area contributed by atoms with Gasteiger partial charge in [-0.3, -0.25) is 4.79 Å². The molecule has 2 heterocycles. The quantitative estimate of drug-likeness (QED) is 0.738. The third-order valence-corrected chi connectivity index (χ3v) is 5.39. The normalized spacial score (nSPS) is 30.3. The SMILES string of the molecule is O=C(C1CCCCS1)N1CCCC(CCCl)C1. The Morgan fingerprint density at radius 1 is 1.29 bits per heavy atom. The van der Waals surface area contributed by atoms with E-state index < -0.39 is 0 Å². The van der Waals surface area contributed by atoms with Gasteiger partial charge in [-0.1, -0.05) is 6.42 Å². The molecule has 2 atom stereocenters. The minimum Gasteiger partial charge on any atom is -0.341 e. The Bertz CT molecular complexity index is 254. The van der Waals surface area contributed by atoms with E-state index in [0.717, 1.165) is 44.0 Å². The summed E-state index contributed by atoms with van der Waals surface area (Å²) in [6, 6.07) is 0. The number of amides is 1. The molecule has 0 aromatic rings. The molecular formula is C13H22ClNOS. The van der Waals surface area contributed by atoms with Crippen LogP contribution in [0.4, 0.5) is 0 Å². The van der Waals surface area contributed by atoms with E-state index in [1.807, 2.05) is 11.8 Å². The Morgan fingerprint density at radius 3 is 2.88 bits per heavy atom. The van der Waals surface area contributed by atoms with Gasteiger partial charge >= 0.3 is 0 Å². The number of likely N-dealkylation sites (tertiary alicyclic amines) is 1. The number of alkyl halides is 1. The highest BCUT2D eigenvalue weighted by Gasteiger charge is 2.29. The first-order valence-electron chi connectivity index (χ1n) is 6.77. The summed E-state index contributed by atoms with van der Waals surface area (Å²) in [7, 11) is 0. The lowest BCUT2D eigenvalue weighted by atomic mass is 9.95. The van der Waals surface area contributed by atoms with E-state index in [1.165, 1.54) is 19.3 Å². The van der Waals surface area contributed by atoms with Crippen molar-refractivity contribution in [2.75, 3.05) is 24.7 Å². The van der Waals surface area contributed by atoms with E-state index in [0.29, 0.717) is 11.8 Å². The van der Waals surface area contributed by atoms with Crippen molar-refractivity contribution in [1.29, 1.82) is 0 Å². The van der Waals surface area contributed by atoms with Gasteiger partial charge in [-0.15, -0.1) is 23.4 Å². The van der Waals surface area contributed by atoms with Crippen molar-refractivity contribution in [3.05, 3.63) is 0 Å². The second-order valence-corrected chi connectivity index (χ2v) is 6.81. The van der Waals surface area contributed by atoms with Crippen LogP contribution in [0.3, 0.4) is 0 Å². The Kier molecular flexibility index (Phi) is 5.49. The molecule has 1 amide bonds. The molecule has 0 radical (unpaired) electrons. The summed E-state index contributed by atoms with van der Waals surface area (Å²) in [5, 5.41) is 0.249. The number of carbonyl (C=O) groups is 1. The second kappa shape index (κ2) is 6.89. The molecule has 0 spiro atoms. The molecule has 2 aliphatic heterocycles. The second-order valence-electron chi connectivity index (χ2n) is 5.13. The van der Waals surface area contributed by atoms with Gasteiger partial charge in [0.2, 0.25) is 5.91 Å². The first kappa shape index (κ1) is 13.5. The summed E-state index contributed by atoms with van der Waals surface area (Å²) in [5.41, 5.74) is 0. The highest BCUT2D eigenvalue weighted by atomic mass is 35.5. The fourth-order valence-electron chi connectivity index (χ4n) is 2.79. The van der Waals surface area contributed by atoms with Crippen LogP contribution in [0.2, 0.25) is 0 Å². The molecule has 2 fully saturated rings. The van der Waals surface area contributed by atoms with Gasteiger partial charge in [0, 0.05) is 19.0 Å². The molecular weight excluding hydrogens is 254 g/mol. The van der Waals surface area contributed by atoms with Crippen molar-refractivity contribution < 1.29 is 4.79 Å². The number of halogens is 1. The summed E-state index contributed by atoms with van der Waals surface area (Å²) in [6.07, 6.45) is 7.05. The summed E-state index contributed by atoms with van der Waals surface area (Å²) >= 11 is 7.67. The molecule has 2 rings (SSSR count). The van der Waals surface area contributed by atoms with E-state index >= 15 is 0 Å². The molecule has 0 saturated carbocycles. The van der Waals surface area contributed by atoms with E-state index in [4.69, 9.17) is 11.6 Å². The highest BCUT2D eigenvalue weighted by Crippen LogP contribution is 2.29. The van der Waals surface area contributed by atoms with Crippen molar-refractivity contribution in [2.24, 2.45) is 5.92 Å². The third-order valence-electron chi connectivity index (χ3n) is 3.80. The van der Waals surface area contributed by atoms with Crippen LogP contribution < -0.4 is 0 Å². The van der Waals surface area contributed by atoms with E-state index in [1.54, 1.807) is 0 Å². The van der Waals surface area contributed by atoms with Gasteiger partial charge in [-0.25, -0.2) is 0 Å². The maximum atomic E-state index is 12.4. The van der Waals surface area contributed by atoms with Gasteiger partial charge < -0.3 is 4.90 Å². The molecule has 98 valence electrons. The van der Waals surface area contributed by atoms with Gasteiger partial charge in [0.1, 0.15) is 0 Å². The van der Waals surface area contributed by atoms with Crippen LogP contribution in [0.15, 0.2) is 0 Å². The minimum atomic E-state index is 0.249. The van der Waals surface area contributed by atoms with E-state index in [2.05, 4.69) is 4.90 Å². The van der Waals surface area contributed by atoms with Crippen LogP contribution in [0.5, 0.6) is 0 Å². The number of rotatable bonds is 3. The van der Waals surface area contributed by atoms with Gasteiger partial charge in [-0.05, 0) is 43.8 Å². The number of hydrogen-bond donors (Lipinski definition) is 0. The Balaban J connectivity index is 1.85. The van der Waals surface area contributed by atoms with Crippen molar-refractivity contribution in [3.8, 4) is 0 Å². The van der Waals surface area contributed by atoms with Crippen molar-refractivity contribution >= 4 is 29.3 Å². The molecule has 0 aromatic carbocycles. The maximum absolute atomic E-state index is 12.4. The van der Waals surface area contributed by atoms with Gasteiger partial charge in [0.05, 0.1) is 5.25 Å². The molecule has 0 N–H and O–H groups in total. The monoisotopic (exact) mass is 275 g/mol. The number of hydrogen-bond acceptors (Lipinski definition) is 2. The molecule has 0 aliphatic carbocycles. The molecule has 4 heteroatoms. The number of thioether (sulfide) groups is 1. The maximum Gasteiger partial charge on any atom is 0.235 e. The van der Waals surface area contributed by atoms with Crippen molar-refractivity contribution in [2.45, 2.75) is 43.8 Å². The predicted molar refractivity (Wildman–Crippen MR) is 74.7 cm³/mol. The first-order chi connectivity index (χ1) is 8.31. The van der Waals surface area contributed by atoms with Gasteiger partial charge in [0.25, 0.3) is 0 Å². The smallest absolute Gasteiger partial charge is 0.235 e. The number of piperidine rings is 1. The summed E-state index contributed by atoms with van der Waals surface area (Å²) in [6.45, 7) is 1.91. The molecule has 2 aliphatic rings. The predicted octanol–water partition coefficient (Wildman–Crippen LogP) is 3.14. The van der Waals surface area contributed by atoms with Crippen LogP contribution in [-0.2, 0) is 4.79 Å². The van der Waals surface area contributed by atoms with Crippen LogP contribution in [-0.4, -0.2) is 40.8 Å². The average molecular weight is 276 g/mol.